The molecule has 0 aliphatic heterocycles. The maximum absolute atomic E-state index is 12.7. The van der Waals surface area contributed by atoms with E-state index in [0.717, 1.165) is 11.1 Å². The number of hydrogen-bond donors (Lipinski definition) is 2. The summed E-state index contributed by atoms with van der Waals surface area (Å²) in [6, 6.07) is 27.8. The van der Waals surface area contributed by atoms with Crippen LogP contribution in [0.4, 0.5) is 5.69 Å². The first-order chi connectivity index (χ1) is 13.7. The Labute approximate surface area is 161 Å². The van der Waals surface area contributed by atoms with Crippen LogP contribution in [-0.2, 0) is 0 Å². The van der Waals surface area contributed by atoms with Crippen LogP contribution in [0.5, 0.6) is 0 Å². The smallest absolute Gasteiger partial charge is 0.288 e. The van der Waals surface area contributed by atoms with E-state index in [9.17, 15) is 9.59 Å². The van der Waals surface area contributed by atoms with Gasteiger partial charge in [-0.3, -0.25) is 9.59 Å². The van der Waals surface area contributed by atoms with Gasteiger partial charge in [-0.15, -0.1) is 0 Å². The van der Waals surface area contributed by atoms with E-state index in [4.69, 9.17) is 0 Å². The zero-order chi connectivity index (χ0) is 19.3. The van der Waals surface area contributed by atoms with E-state index in [2.05, 4.69) is 15.5 Å². The third-order valence-electron chi connectivity index (χ3n) is 4.37. The zero-order valence-corrected chi connectivity index (χ0v) is 14.9. The lowest BCUT2D eigenvalue weighted by Crippen LogP contribution is -2.22. The predicted octanol–water partition coefficient (Wildman–Crippen LogP) is 4.36. The van der Waals surface area contributed by atoms with Gasteiger partial charge >= 0.3 is 0 Å². The van der Waals surface area contributed by atoms with Crippen molar-refractivity contribution < 1.29 is 4.79 Å². The molecular formula is C23H17N3O2. The second-order valence-electron chi connectivity index (χ2n) is 6.20. The topological polar surface area (TPSA) is 74.8 Å². The van der Waals surface area contributed by atoms with Gasteiger partial charge in [0.1, 0.15) is 11.4 Å². The van der Waals surface area contributed by atoms with Crippen molar-refractivity contribution in [2.75, 3.05) is 5.32 Å². The molecule has 0 atom stereocenters. The molecule has 1 aromatic heterocycles. The average molecular weight is 367 g/mol. The van der Waals surface area contributed by atoms with E-state index >= 15 is 0 Å². The summed E-state index contributed by atoms with van der Waals surface area (Å²) in [7, 11) is 0. The summed E-state index contributed by atoms with van der Waals surface area (Å²) in [4.78, 5) is 25.3. The van der Waals surface area contributed by atoms with Crippen molar-refractivity contribution in [3.8, 4) is 22.4 Å². The molecule has 0 fully saturated rings. The molecule has 3 aromatic carbocycles. The van der Waals surface area contributed by atoms with Crippen molar-refractivity contribution >= 4 is 11.6 Å². The number of carbonyl (C=O) groups is 1. The molecule has 4 aromatic rings. The lowest BCUT2D eigenvalue weighted by atomic mass is 9.98. The zero-order valence-electron chi connectivity index (χ0n) is 14.9. The van der Waals surface area contributed by atoms with Crippen molar-refractivity contribution in [3.05, 3.63) is 107 Å². The van der Waals surface area contributed by atoms with Crippen LogP contribution < -0.4 is 10.9 Å². The van der Waals surface area contributed by atoms with Gasteiger partial charge in [0, 0.05) is 16.7 Å². The second kappa shape index (κ2) is 7.72. The van der Waals surface area contributed by atoms with E-state index in [1.807, 2.05) is 66.7 Å². The largest absolute Gasteiger partial charge is 0.317 e. The summed E-state index contributed by atoms with van der Waals surface area (Å²) in [6.07, 6.45) is 0. The molecule has 0 spiro atoms. The molecule has 0 aliphatic rings. The average Bonchev–Trinajstić information content (AvgIpc) is 2.77. The van der Waals surface area contributed by atoms with Gasteiger partial charge in [-0.05, 0) is 17.7 Å². The summed E-state index contributed by atoms with van der Waals surface area (Å²) < 4.78 is 0. The van der Waals surface area contributed by atoms with Crippen molar-refractivity contribution in [3.63, 3.8) is 0 Å². The van der Waals surface area contributed by atoms with Gasteiger partial charge in [-0.2, -0.15) is 5.10 Å². The summed E-state index contributed by atoms with van der Waals surface area (Å²) in [5, 5.41) is 9.57. The Balaban J connectivity index is 1.90. The van der Waals surface area contributed by atoms with Gasteiger partial charge in [0.2, 0.25) is 0 Å². The molecule has 0 unspecified atom stereocenters. The number of amides is 1. The maximum Gasteiger partial charge on any atom is 0.288 e. The van der Waals surface area contributed by atoms with Crippen LogP contribution in [0.25, 0.3) is 22.4 Å². The summed E-state index contributed by atoms with van der Waals surface area (Å²) >= 11 is 0. The van der Waals surface area contributed by atoms with E-state index < -0.39 is 5.56 Å². The normalized spacial score (nSPS) is 10.4. The molecule has 5 nitrogen and oxygen atoms in total. The lowest BCUT2D eigenvalue weighted by Gasteiger charge is -2.14. The summed E-state index contributed by atoms with van der Waals surface area (Å²) in [6.45, 7) is 0. The number of benzene rings is 3. The van der Waals surface area contributed by atoms with Crippen molar-refractivity contribution in [2.45, 2.75) is 0 Å². The first kappa shape index (κ1) is 17.4. The number of hydrogen-bond acceptors (Lipinski definition) is 3. The SMILES string of the molecule is O=C(Nc1c(-c2ccccc2)c(-c2ccccc2)n[nH]c1=O)c1ccccc1. The Bertz CT molecular complexity index is 1150. The highest BCUT2D eigenvalue weighted by Crippen LogP contribution is 2.34. The number of anilines is 1. The Morgan fingerprint density at radius 2 is 1.29 bits per heavy atom. The number of aromatic nitrogens is 2. The van der Waals surface area contributed by atoms with Gasteiger partial charge in [-0.1, -0.05) is 78.9 Å². The highest BCUT2D eigenvalue weighted by Gasteiger charge is 2.19. The van der Waals surface area contributed by atoms with E-state index in [-0.39, 0.29) is 11.6 Å². The van der Waals surface area contributed by atoms with Crippen LogP contribution >= 0.6 is 0 Å². The number of nitrogens with one attached hydrogen (secondary N) is 2. The quantitative estimate of drug-likeness (QED) is 0.563. The fraction of sp³-hybridized carbons (Fsp3) is 0. The van der Waals surface area contributed by atoms with E-state index in [1.165, 1.54) is 0 Å². The molecule has 136 valence electrons. The molecule has 0 radical (unpaired) electrons. The summed E-state index contributed by atoms with van der Waals surface area (Å²) in [5.74, 6) is -0.353. The fourth-order valence-electron chi connectivity index (χ4n) is 3.04. The minimum Gasteiger partial charge on any atom is -0.317 e. The Morgan fingerprint density at radius 3 is 1.89 bits per heavy atom. The molecule has 0 saturated heterocycles. The molecule has 0 aliphatic carbocycles. The molecule has 2 N–H and O–H groups in total. The molecule has 0 saturated carbocycles. The van der Waals surface area contributed by atoms with Crippen molar-refractivity contribution in [1.29, 1.82) is 0 Å². The number of aromatic amines is 1. The minimum atomic E-state index is -0.456. The Hall–Kier alpha value is -3.99. The molecule has 1 amide bonds. The van der Waals surface area contributed by atoms with Crippen LogP contribution in [0.3, 0.4) is 0 Å². The van der Waals surface area contributed by atoms with Gasteiger partial charge in [-0.25, -0.2) is 5.10 Å². The van der Waals surface area contributed by atoms with E-state index in [0.29, 0.717) is 16.8 Å². The number of H-pyrrole nitrogens is 1. The summed E-state index contributed by atoms with van der Waals surface area (Å²) in [5.41, 5.74) is 3.00. The predicted molar refractivity (Wildman–Crippen MR) is 110 cm³/mol. The molecule has 4 rings (SSSR count). The fourth-order valence-corrected chi connectivity index (χ4v) is 3.04. The van der Waals surface area contributed by atoms with Crippen molar-refractivity contribution in [1.82, 2.24) is 10.2 Å². The number of rotatable bonds is 4. The lowest BCUT2D eigenvalue weighted by molar-refractivity contribution is 0.102. The van der Waals surface area contributed by atoms with Crippen LogP contribution in [0.2, 0.25) is 0 Å². The minimum absolute atomic E-state index is 0.175. The molecule has 28 heavy (non-hydrogen) atoms. The van der Waals surface area contributed by atoms with Gasteiger partial charge in [0.05, 0.1) is 0 Å². The first-order valence-electron chi connectivity index (χ1n) is 8.84. The van der Waals surface area contributed by atoms with Crippen LogP contribution in [0, 0.1) is 0 Å². The first-order valence-corrected chi connectivity index (χ1v) is 8.84. The maximum atomic E-state index is 12.7. The van der Waals surface area contributed by atoms with Gasteiger partial charge < -0.3 is 5.32 Å². The molecule has 0 bridgehead atoms. The Morgan fingerprint density at radius 1 is 0.750 bits per heavy atom. The standard InChI is InChI=1S/C23H17N3O2/c27-22(18-14-8-3-9-15-18)24-21-19(16-10-4-1-5-11-16)20(25-26-23(21)28)17-12-6-2-7-13-17/h1-15H,(H,26,28)(H,24,25,27). The van der Waals surface area contributed by atoms with Crippen LogP contribution in [0.15, 0.2) is 95.8 Å². The van der Waals surface area contributed by atoms with E-state index in [1.54, 1.807) is 24.3 Å². The van der Waals surface area contributed by atoms with Gasteiger partial charge in [0.25, 0.3) is 11.5 Å². The van der Waals surface area contributed by atoms with Crippen LogP contribution in [0.1, 0.15) is 10.4 Å². The molecular weight excluding hydrogens is 350 g/mol. The van der Waals surface area contributed by atoms with Crippen LogP contribution in [-0.4, -0.2) is 16.1 Å². The number of carbonyl (C=O) groups excluding carboxylic acids is 1. The highest BCUT2D eigenvalue weighted by molar-refractivity contribution is 6.07. The van der Waals surface area contributed by atoms with Gasteiger partial charge in [0.15, 0.2) is 0 Å². The third kappa shape index (κ3) is 3.46. The molecule has 5 heteroatoms. The highest BCUT2D eigenvalue weighted by atomic mass is 16.2. The number of nitrogens with zero attached hydrogens (tertiary/aromatic N) is 1. The third-order valence-corrected chi connectivity index (χ3v) is 4.37. The van der Waals surface area contributed by atoms with Crippen molar-refractivity contribution in [2.24, 2.45) is 0 Å². The second-order valence-corrected chi connectivity index (χ2v) is 6.20. The molecule has 1 heterocycles. The Kier molecular flexibility index (Phi) is 4.80. The monoisotopic (exact) mass is 367 g/mol.